The average molecular weight is 191 g/mol. The third kappa shape index (κ3) is 1.65. The highest BCUT2D eigenvalue weighted by atomic mass is 16.5. The Morgan fingerprint density at radius 1 is 1.50 bits per heavy atom. The molecule has 0 unspecified atom stereocenters. The van der Waals surface area contributed by atoms with Crippen LogP contribution in [0.4, 0.5) is 5.95 Å². The maximum Gasteiger partial charge on any atom is 0.204 e. The zero-order valence-electron chi connectivity index (χ0n) is 7.69. The van der Waals surface area contributed by atoms with Crippen molar-refractivity contribution in [3.63, 3.8) is 0 Å². The minimum absolute atomic E-state index is 0.0321. The molecule has 0 atom stereocenters. The van der Waals surface area contributed by atoms with E-state index in [1.54, 1.807) is 6.07 Å². The number of nitrogens with two attached hydrogens (primary N) is 1. The molecule has 0 aliphatic heterocycles. The van der Waals surface area contributed by atoms with E-state index in [2.05, 4.69) is 4.98 Å². The molecule has 0 saturated heterocycles. The first-order valence-corrected chi connectivity index (χ1v) is 3.98. The van der Waals surface area contributed by atoms with Crippen molar-refractivity contribution in [1.29, 1.82) is 10.5 Å². The fourth-order valence-electron chi connectivity index (χ4n) is 0.975. The number of hydrogen-bond acceptors (Lipinski definition) is 5. The van der Waals surface area contributed by atoms with Crippen LogP contribution in [0, 0.1) is 22.7 Å². The summed E-state index contributed by atoms with van der Waals surface area (Å²) < 4.78 is 6.45. The maximum absolute atomic E-state index is 8.77. The zero-order chi connectivity index (χ0) is 10.6. The van der Waals surface area contributed by atoms with Crippen LogP contribution in [0.3, 0.4) is 0 Å². The fraction of sp³-hybridized carbons (Fsp3) is 0.375. The van der Waals surface area contributed by atoms with Gasteiger partial charge in [0.2, 0.25) is 5.95 Å². The molecule has 0 radical (unpaired) electrons. The molecular weight excluding hydrogens is 182 g/mol. The molecule has 6 heteroatoms. The quantitative estimate of drug-likeness (QED) is 0.735. The molecule has 0 aromatic carbocycles. The molecular formula is C8H9N5O. The first-order chi connectivity index (χ1) is 6.74. The van der Waals surface area contributed by atoms with Gasteiger partial charge < -0.3 is 10.5 Å². The lowest BCUT2D eigenvalue weighted by Gasteiger charge is -2.04. The molecule has 14 heavy (non-hydrogen) atoms. The van der Waals surface area contributed by atoms with Gasteiger partial charge >= 0.3 is 0 Å². The molecule has 2 N–H and O–H groups in total. The number of nitrogen functional groups attached to an aromatic ring is 1. The summed E-state index contributed by atoms with van der Waals surface area (Å²) in [6, 6.07) is 3.66. The maximum atomic E-state index is 8.77. The van der Waals surface area contributed by atoms with Crippen LogP contribution in [-0.2, 0) is 11.5 Å². The minimum atomic E-state index is 0.0321. The third-order valence-corrected chi connectivity index (χ3v) is 1.63. The topological polar surface area (TPSA) is 101 Å². The van der Waals surface area contributed by atoms with Crippen molar-refractivity contribution in [3.8, 4) is 12.1 Å². The molecule has 0 spiro atoms. The Morgan fingerprint density at radius 2 is 2.21 bits per heavy atom. The monoisotopic (exact) mass is 191 g/mol. The van der Waals surface area contributed by atoms with Crippen LogP contribution in [0.2, 0.25) is 0 Å². The van der Waals surface area contributed by atoms with Gasteiger partial charge in [0.15, 0.2) is 11.4 Å². The van der Waals surface area contributed by atoms with Crippen molar-refractivity contribution < 1.29 is 4.74 Å². The molecule has 0 saturated carbocycles. The molecule has 0 aliphatic carbocycles. The summed E-state index contributed by atoms with van der Waals surface area (Å²) in [5, 5.41) is 17.4. The van der Waals surface area contributed by atoms with Gasteiger partial charge in [-0.1, -0.05) is 0 Å². The second-order valence-corrected chi connectivity index (χ2v) is 2.44. The molecule has 1 rings (SSSR count). The second-order valence-electron chi connectivity index (χ2n) is 2.44. The van der Waals surface area contributed by atoms with Gasteiger partial charge in [0.1, 0.15) is 18.9 Å². The van der Waals surface area contributed by atoms with Gasteiger partial charge in [0.05, 0.1) is 0 Å². The van der Waals surface area contributed by atoms with Gasteiger partial charge in [-0.05, 0) is 6.92 Å². The molecule has 0 amide bonds. The van der Waals surface area contributed by atoms with Gasteiger partial charge in [-0.25, -0.2) is 4.98 Å². The van der Waals surface area contributed by atoms with E-state index in [0.717, 1.165) is 0 Å². The van der Waals surface area contributed by atoms with Crippen LogP contribution >= 0.6 is 0 Å². The summed E-state index contributed by atoms with van der Waals surface area (Å²) in [4.78, 5) is 3.73. The van der Waals surface area contributed by atoms with E-state index in [0.29, 0.717) is 6.61 Å². The van der Waals surface area contributed by atoms with Crippen molar-refractivity contribution in [3.05, 3.63) is 11.4 Å². The zero-order valence-corrected chi connectivity index (χ0v) is 7.69. The Balaban J connectivity index is 3.09. The Labute approximate surface area is 81.1 Å². The number of aromatic nitrogens is 2. The Hall–Kier alpha value is -2.05. The van der Waals surface area contributed by atoms with Gasteiger partial charge in [0.25, 0.3) is 0 Å². The highest BCUT2D eigenvalue weighted by Gasteiger charge is 2.14. The number of nitrogens with zero attached hydrogens (tertiary/aromatic N) is 4. The lowest BCUT2D eigenvalue weighted by Crippen LogP contribution is -2.08. The minimum Gasteiger partial charge on any atom is -0.369 e. The molecule has 0 bridgehead atoms. The van der Waals surface area contributed by atoms with Crippen molar-refractivity contribution in [2.75, 3.05) is 12.3 Å². The van der Waals surface area contributed by atoms with Crippen molar-refractivity contribution in [1.82, 2.24) is 9.55 Å². The molecule has 1 heterocycles. The van der Waals surface area contributed by atoms with Gasteiger partial charge in [-0.3, -0.25) is 4.57 Å². The van der Waals surface area contributed by atoms with Crippen molar-refractivity contribution in [2.45, 2.75) is 13.7 Å². The Bertz CT molecular complexity index is 409. The normalized spacial score (nSPS) is 9.36. The first-order valence-electron chi connectivity index (χ1n) is 3.98. The van der Waals surface area contributed by atoms with Crippen LogP contribution in [0.5, 0.6) is 0 Å². The molecule has 0 aliphatic rings. The van der Waals surface area contributed by atoms with E-state index in [4.69, 9.17) is 21.0 Å². The Kier molecular flexibility index (Phi) is 3.05. The van der Waals surface area contributed by atoms with Gasteiger partial charge in [-0.15, -0.1) is 0 Å². The van der Waals surface area contributed by atoms with E-state index in [9.17, 15) is 0 Å². The van der Waals surface area contributed by atoms with Crippen molar-refractivity contribution >= 4 is 5.95 Å². The standard InChI is InChI=1S/C8H9N5O/c1-2-14-5-13-7(4-10)6(3-9)12-8(13)11/h2,5H2,1H3,(H2,11,12). The van der Waals surface area contributed by atoms with Crippen LogP contribution in [-0.4, -0.2) is 16.2 Å². The predicted molar refractivity (Wildman–Crippen MR) is 47.7 cm³/mol. The van der Waals surface area contributed by atoms with Crippen LogP contribution < -0.4 is 5.73 Å². The number of hydrogen-bond donors (Lipinski definition) is 1. The number of ether oxygens (including phenoxy) is 1. The lowest BCUT2D eigenvalue weighted by molar-refractivity contribution is 0.0887. The summed E-state index contributed by atoms with van der Waals surface area (Å²) in [7, 11) is 0. The predicted octanol–water partition coefficient (Wildman–Crippen LogP) is 0.203. The lowest BCUT2D eigenvalue weighted by atomic mass is 10.4. The fourth-order valence-corrected chi connectivity index (χ4v) is 0.975. The number of imidazole rings is 1. The van der Waals surface area contributed by atoms with E-state index in [-0.39, 0.29) is 24.1 Å². The average Bonchev–Trinajstić information content (AvgIpc) is 2.51. The van der Waals surface area contributed by atoms with Gasteiger partial charge in [-0.2, -0.15) is 10.5 Å². The van der Waals surface area contributed by atoms with E-state index < -0.39 is 0 Å². The molecule has 1 aromatic rings. The van der Waals surface area contributed by atoms with Crippen molar-refractivity contribution in [2.24, 2.45) is 0 Å². The van der Waals surface area contributed by atoms with Crippen LogP contribution in [0.25, 0.3) is 0 Å². The summed E-state index contributed by atoms with van der Waals surface area (Å²) in [6.07, 6.45) is 0. The number of rotatable bonds is 3. The van der Waals surface area contributed by atoms with Gasteiger partial charge in [0, 0.05) is 6.61 Å². The summed E-state index contributed by atoms with van der Waals surface area (Å²) >= 11 is 0. The first kappa shape index (κ1) is 10.0. The highest BCUT2D eigenvalue weighted by Crippen LogP contribution is 2.11. The molecule has 72 valence electrons. The largest absolute Gasteiger partial charge is 0.369 e. The Morgan fingerprint density at radius 3 is 2.71 bits per heavy atom. The highest BCUT2D eigenvalue weighted by molar-refractivity contribution is 5.43. The molecule has 1 aromatic heterocycles. The van der Waals surface area contributed by atoms with E-state index in [1.807, 2.05) is 13.0 Å². The smallest absolute Gasteiger partial charge is 0.204 e. The third-order valence-electron chi connectivity index (χ3n) is 1.63. The molecule has 6 nitrogen and oxygen atoms in total. The second kappa shape index (κ2) is 4.26. The SMILES string of the molecule is CCOCn1c(N)nc(C#N)c1C#N. The molecule has 0 fully saturated rings. The van der Waals surface area contributed by atoms with Crippen LogP contribution in [0.1, 0.15) is 18.3 Å². The number of anilines is 1. The van der Waals surface area contributed by atoms with E-state index >= 15 is 0 Å². The van der Waals surface area contributed by atoms with Crippen LogP contribution in [0.15, 0.2) is 0 Å². The van der Waals surface area contributed by atoms with E-state index in [1.165, 1.54) is 4.57 Å². The number of nitriles is 2. The summed E-state index contributed by atoms with van der Waals surface area (Å²) in [5.41, 5.74) is 5.67. The summed E-state index contributed by atoms with van der Waals surface area (Å²) in [5.74, 6) is 0.117. The summed E-state index contributed by atoms with van der Waals surface area (Å²) in [6.45, 7) is 2.47.